The van der Waals surface area contributed by atoms with Crippen molar-refractivity contribution in [3.63, 3.8) is 0 Å². The van der Waals surface area contributed by atoms with Crippen molar-refractivity contribution in [1.82, 2.24) is 4.90 Å². The molecule has 0 aromatic heterocycles. The summed E-state index contributed by atoms with van der Waals surface area (Å²) in [6.07, 6.45) is -0.647. The summed E-state index contributed by atoms with van der Waals surface area (Å²) in [5, 5.41) is 9.29. The average molecular weight is 570 g/mol. The summed E-state index contributed by atoms with van der Waals surface area (Å²) in [5.41, 5.74) is 1.67. The number of carbonyl (C=O) groups is 2. The molecule has 0 aliphatic rings. The van der Waals surface area contributed by atoms with E-state index < -0.39 is 18.2 Å². The van der Waals surface area contributed by atoms with Gasteiger partial charge in [0, 0.05) is 32.2 Å². The summed E-state index contributed by atoms with van der Waals surface area (Å²) in [4.78, 5) is 25.9. The molecule has 220 valence electrons. The predicted molar refractivity (Wildman–Crippen MR) is 150 cm³/mol. The van der Waals surface area contributed by atoms with E-state index >= 15 is 0 Å². The predicted octanol–water partition coefficient (Wildman–Crippen LogP) is 5.35. The Kier molecular flexibility index (Phi) is 12.9. The Bertz CT molecular complexity index is 1220. The van der Waals surface area contributed by atoms with E-state index in [4.69, 9.17) is 23.7 Å². The van der Waals surface area contributed by atoms with Crippen LogP contribution in [-0.4, -0.2) is 68.2 Å². The van der Waals surface area contributed by atoms with Crippen molar-refractivity contribution in [2.75, 3.05) is 40.0 Å². The highest BCUT2D eigenvalue weighted by Gasteiger charge is 2.19. The minimum Gasteiger partial charge on any atom is -0.497 e. The van der Waals surface area contributed by atoms with Crippen molar-refractivity contribution in [2.45, 2.75) is 32.5 Å². The third-order valence-corrected chi connectivity index (χ3v) is 6.02. The van der Waals surface area contributed by atoms with Crippen LogP contribution in [-0.2, 0) is 27.3 Å². The summed E-state index contributed by atoms with van der Waals surface area (Å²) in [7, 11) is 1.53. The largest absolute Gasteiger partial charge is 0.497 e. The topological polar surface area (TPSA) is 104 Å². The van der Waals surface area contributed by atoms with E-state index in [1.807, 2.05) is 0 Å². The van der Waals surface area contributed by atoms with Crippen molar-refractivity contribution >= 4 is 12.1 Å². The molecule has 3 rings (SSSR count). The fourth-order valence-electron chi connectivity index (χ4n) is 3.88. The van der Waals surface area contributed by atoms with Gasteiger partial charge in [-0.15, -0.1) is 0 Å². The number of benzene rings is 3. The van der Waals surface area contributed by atoms with E-state index in [2.05, 4.69) is 0 Å². The molecule has 1 unspecified atom stereocenters. The number of hydrogen-bond acceptors (Lipinski definition) is 7. The fraction of sp³-hybridized carbons (Fsp3) is 0.355. The third kappa shape index (κ3) is 11.1. The SMILES string of the molecule is CCOC(Cc1ccc(OCCN(CCCOCc2ccc(F)cc2)C(=O)Oc2cccc(OC)c2)cc1)C(=O)O. The smallest absolute Gasteiger partial charge is 0.415 e. The molecule has 1 N–H and O–H groups in total. The lowest BCUT2D eigenvalue weighted by atomic mass is 10.1. The molecular weight excluding hydrogens is 533 g/mol. The number of methoxy groups -OCH3 is 1. The molecule has 0 saturated carbocycles. The second kappa shape index (κ2) is 16.8. The van der Waals surface area contributed by atoms with Gasteiger partial charge in [-0.2, -0.15) is 0 Å². The zero-order chi connectivity index (χ0) is 29.5. The Hall–Kier alpha value is -4.15. The molecule has 0 saturated heterocycles. The molecule has 1 amide bonds. The van der Waals surface area contributed by atoms with Gasteiger partial charge in [-0.25, -0.2) is 14.0 Å². The van der Waals surface area contributed by atoms with Crippen molar-refractivity contribution < 1.29 is 42.8 Å². The highest BCUT2D eigenvalue weighted by Crippen LogP contribution is 2.20. The molecule has 9 nitrogen and oxygen atoms in total. The first-order valence-corrected chi connectivity index (χ1v) is 13.4. The number of carbonyl (C=O) groups excluding carboxylic acids is 1. The minimum atomic E-state index is -1.01. The lowest BCUT2D eigenvalue weighted by molar-refractivity contribution is -0.149. The maximum atomic E-state index is 13.1. The zero-order valence-corrected chi connectivity index (χ0v) is 23.3. The number of amides is 1. The lowest BCUT2D eigenvalue weighted by Crippen LogP contribution is -2.38. The number of halogens is 1. The van der Waals surface area contributed by atoms with Crippen LogP contribution in [0.2, 0.25) is 0 Å². The number of rotatable bonds is 17. The van der Waals surface area contributed by atoms with Gasteiger partial charge in [0.25, 0.3) is 0 Å². The summed E-state index contributed by atoms with van der Waals surface area (Å²) >= 11 is 0. The first-order valence-electron chi connectivity index (χ1n) is 13.4. The van der Waals surface area contributed by atoms with Crippen LogP contribution in [0.25, 0.3) is 0 Å². The number of ether oxygens (including phenoxy) is 5. The van der Waals surface area contributed by atoms with E-state index in [9.17, 15) is 19.1 Å². The molecule has 3 aromatic carbocycles. The van der Waals surface area contributed by atoms with Gasteiger partial charge in [-0.05, 0) is 60.9 Å². The molecule has 0 heterocycles. The van der Waals surface area contributed by atoms with Gasteiger partial charge in [-0.3, -0.25) is 0 Å². The molecule has 0 bridgehead atoms. The molecule has 10 heteroatoms. The first-order chi connectivity index (χ1) is 19.9. The number of aliphatic carboxylic acids is 1. The Morgan fingerprint density at radius 1 is 0.902 bits per heavy atom. The molecule has 41 heavy (non-hydrogen) atoms. The zero-order valence-electron chi connectivity index (χ0n) is 23.3. The van der Waals surface area contributed by atoms with Gasteiger partial charge < -0.3 is 33.7 Å². The van der Waals surface area contributed by atoms with Gasteiger partial charge in [-0.1, -0.05) is 30.3 Å². The highest BCUT2D eigenvalue weighted by atomic mass is 19.1. The van der Waals surface area contributed by atoms with Crippen LogP contribution in [0, 0.1) is 5.82 Å². The normalized spacial score (nSPS) is 11.5. The minimum absolute atomic E-state index is 0.208. The van der Waals surface area contributed by atoms with Crippen molar-refractivity contribution in [3.05, 3.63) is 89.7 Å². The molecule has 0 radical (unpaired) electrons. The molecule has 3 aromatic rings. The van der Waals surface area contributed by atoms with Crippen molar-refractivity contribution in [2.24, 2.45) is 0 Å². The molecule has 0 aliphatic heterocycles. The van der Waals surface area contributed by atoms with Crippen LogP contribution in [0.4, 0.5) is 9.18 Å². The Balaban J connectivity index is 1.53. The Morgan fingerprint density at radius 3 is 2.29 bits per heavy atom. The van der Waals surface area contributed by atoms with Gasteiger partial charge in [0.1, 0.15) is 29.7 Å². The van der Waals surface area contributed by atoms with E-state index in [-0.39, 0.29) is 25.4 Å². The van der Waals surface area contributed by atoms with E-state index in [1.54, 1.807) is 67.6 Å². The van der Waals surface area contributed by atoms with Gasteiger partial charge in [0.15, 0.2) is 6.10 Å². The summed E-state index contributed by atoms with van der Waals surface area (Å²) in [5.74, 6) is 0.203. The first kappa shape index (κ1) is 31.4. The highest BCUT2D eigenvalue weighted by molar-refractivity contribution is 5.72. The molecule has 1 atom stereocenters. The van der Waals surface area contributed by atoms with Gasteiger partial charge in [0.2, 0.25) is 0 Å². The van der Waals surface area contributed by atoms with E-state index in [1.165, 1.54) is 24.1 Å². The van der Waals surface area contributed by atoms with Crippen LogP contribution in [0.5, 0.6) is 17.2 Å². The molecule has 0 fully saturated rings. The average Bonchev–Trinajstić information content (AvgIpc) is 2.97. The lowest BCUT2D eigenvalue weighted by Gasteiger charge is -2.22. The number of carboxylic acids is 1. The maximum absolute atomic E-state index is 13.1. The van der Waals surface area contributed by atoms with Crippen LogP contribution < -0.4 is 14.2 Å². The van der Waals surface area contributed by atoms with Crippen LogP contribution in [0.1, 0.15) is 24.5 Å². The summed E-state index contributed by atoms with van der Waals surface area (Å²) in [6, 6.07) is 20.0. The summed E-state index contributed by atoms with van der Waals surface area (Å²) < 4.78 is 40.7. The van der Waals surface area contributed by atoms with Crippen LogP contribution in [0.3, 0.4) is 0 Å². The van der Waals surface area contributed by atoms with Crippen LogP contribution >= 0.6 is 0 Å². The molecule has 0 spiro atoms. The second-order valence-corrected chi connectivity index (χ2v) is 9.05. The number of hydrogen-bond donors (Lipinski definition) is 1. The van der Waals surface area contributed by atoms with E-state index in [0.29, 0.717) is 50.0 Å². The standard InChI is InChI=1S/C31H36FNO8/c1-3-39-29(30(34)35)20-23-10-14-26(15-11-23)40-19-17-33(31(36)41-28-7-4-6-27(21-28)37-2)16-5-18-38-22-24-8-12-25(32)13-9-24/h4,6-15,21,29H,3,5,16-20,22H2,1-2H3,(H,34,35). The van der Waals surface area contributed by atoms with Gasteiger partial charge in [0.05, 0.1) is 20.3 Å². The number of carboxylic acid groups (broad SMARTS) is 1. The monoisotopic (exact) mass is 569 g/mol. The number of nitrogens with zero attached hydrogens (tertiary/aromatic N) is 1. The maximum Gasteiger partial charge on any atom is 0.415 e. The Morgan fingerprint density at radius 2 is 1.61 bits per heavy atom. The van der Waals surface area contributed by atoms with Crippen molar-refractivity contribution in [3.8, 4) is 17.2 Å². The van der Waals surface area contributed by atoms with Crippen molar-refractivity contribution in [1.29, 1.82) is 0 Å². The fourth-order valence-corrected chi connectivity index (χ4v) is 3.88. The molecular formula is C31H36FNO8. The molecule has 0 aliphatic carbocycles. The Labute approximate surface area is 239 Å². The van der Waals surface area contributed by atoms with Gasteiger partial charge >= 0.3 is 12.1 Å². The third-order valence-electron chi connectivity index (χ3n) is 6.02. The second-order valence-electron chi connectivity index (χ2n) is 9.05. The quantitative estimate of drug-likeness (QED) is 0.217. The van der Waals surface area contributed by atoms with Crippen LogP contribution in [0.15, 0.2) is 72.8 Å². The summed E-state index contributed by atoms with van der Waals surface area (Å²) in [6.45, 7) is 3.63. The van der Waals surface area contributed by atoms with E-state index in [0.717, 1.165) is 11.1 Å².